The van der Waals surface area contributed by atoms with Crippen molar-refractivity contribution in [3.63, 3.8) is 0 Å². The fraction of sp³-hybridized carbons (Fsp3) is 0.419. The van der Waals surface area contributed by atoms with Crippen LogP contribution in [0.15, 0.2) is 37.1 Å². The van der Waals surface area contributed by atoms with Crippen LogP contribution in [0.3, 0.4) is 0 Å². The van der Waals surface area contributed by atoms with Crippen molar-refractivity contribution in [3.8, 4) is 11.1 Å². The second-order valence-electron chi connectivity index (χ2n) is 11.8. The average Bonchev–Trinajstić information content (AvgIpc) is 3.29. The number of likely N-dealkylation sites (N-methyl/N-ethyl adjacent to an activating group) is 1. The van der Waals surface area contributed by atoms with Gasteiger partial charge in [-0.25, -0.2) is 9.37 Å². The van der Waals surface area contributed by atoms with Crippen molar-refractivity contribution < 1.29 is 9.18 Å². The fourth-order valence-corrected chi connectivity index (χ4v) is 6.50. The molecular formula is C31H36ClFN8O. The highest BCUT2D eigenvalue weighted by molar-refractivity contribution is 6.35. The Balaban J connectivity index is 1.55. The largest absolute Gasteiger partial charge is 0.349 e. The Morgan fingerprint density at radius 3 is 2.52 bits per heavy atom. The lowest BCUT2D eigenvalue weighted by atomic mass is 9.95. The number of rotatable bonds is 5. The number of aromatic nitrogens is 4. The lowest BCUT2D eigenvalue weighted by Crippen LogP contribution is -2.59. The van der Waals surface area contributed by atoms with Crippen LogP contribution in [0.5, 0.6) is 0 Å². The molecule has 4 heterocycles. The summed E-state index contributed by atoms with van der Waals surface area (Å²) in [4.78, 5) is 30.6. The molecule has 6 rings (SSSR count). The van der Waals surface area contributed by atoms with Crippen LogP contribution in [0.25, 0.3) is 32.9 Å². The molecule has 2 atom stereocenters. The van der Waals surface area contributed by atoms with Gasteiger partial charge in [0.05, 0.1) is 16.7 Å². The Kier molecular flexibility index (Phi) is 7.09. The van der Waals surface area contributed by atoms with Crippen LogP contribution in [-0.2, 0) is 11.8 Å². The smallest absolute Gasteiger partial charge is 0.246 e. The second kappa shape index (κ2) is 10.5. The molecule has 2 aliphatic rings. The minimum atomic E-state index is -0.479. The number of fused-ring (bicyclic) bond motifs is 2. The van der Waals surface area contributed by atoms with Gasteiger partial charge < -0.3 is 19.6 Å². The number of hydrogen-bond acceptors (Lipinski definition) is 7. The van der Waals surface area contributed by atoms with Crippen LogP contribution in [-0.4, -0.2) is 93.9 Å². The van der Waals surface area contributed by atoms with Gasteiger partial charge in [-0.05, 0) is 58.6 Å². The van der Waals surface area contributed by atoms with Gasteiger partial charge in [-0.1, -0.05) is 24.2 Å². The third-order valence-corrected chi connectivity index (χ3v) is 9.13. The summed E-state index contributed by atoms with van der Waals surface area (Å²) in [5.74, 6) is 0.532. The van der Waals surface area contributed by atoms with Gasteiger partial charge in [0.1, 0.15) is 11.3 Å². The summed E-state index contributed by atoms with van der Waals surface area (Å²) in [6.45, 7) is 12.2. The van der Waals surface area contributed by atoms with Gasteiger partial charge in [-0.15, -0.1) is 0 Å². The van der Waals surface area contributed by atoms with Crippen LogP contribution in [0, 0.1) is 12.7 Å². The number of nitrogens with zero attached hydrogens (tertiary/aromatic N) is 8. The molecule has 2 aromatic heterocycles. The van der Waals surface area contributed by atoms with E-state index in [4.69, 9.17) is 21.6 Å². The Morgan fingerprint density at radius 1 is 1.10 bits per heavy atom. The van der Waals surface area contributed by atoms with Crippen molar-refractivity contribution in [2.75, 3.05) is 50.1 Å². The first-order valence-corrected chi connectivity index (χ1v) is 14.6. The third-order valence-electron chi connectivity index (χ3n) is 8.83. The molecule has 9 nitrogen and oxygen atoms in total. The van der Waals surface area contributed by atoms with E-state index in [1.807, 2.05) is 44.9 Å². The number of carbonyl (C=O) groups excluding carboxylic acids is 1. The van der Waals surface area contributed by atoms with Crippen LogP contribution in [0.4, 0.5) is 16.2 Å². The summed E-state index contributed by atoms with van der Waals surface area (Å²) < 4.78 is 18.7. The lowest BCUT2D eigenvalue weighted by Gasteiger charge is -2.45. The van der Waals surface area contributed by atoms with Gasteiger partial charge in [0.15, 0.2) is 5.82 Å². The summed E-state index contributed by atoms with van der Waals surface area (Å²) in [5.41, 5.74) is 3.04. The number of halogens is 2. The highest BCUT2D eigenvalue weighted by atomic mass is 35.5. The minimum absolute atomic E-state index is 0.0742. The molecule has 220 valence electrons. The molecule has 0 radical (unpaired) electrons. The average molecular weight is 591 g/mol. The number of aryl methyl sites for hydroxylation is 2. The lowest BCUT2D eigenvalue weighted by molar-refractivity contribution is -0.128. The molecule has 2 fully saturated rings. The van der Waals surface area contributed by atoms with E-state index in [1.54, 1.807) is 16.9 Å². The van der Waals surface area contributed by atoms with Gasteiger partial charge in [0.2, 0.25) is 11.9 Å². The molecule has 4 aromatic rings. The number of carbonyl (C=O) groups is 1. The first-order valence-electron chi connectivity index (χ1n) is 14.2. The summed E-state index contributed by atoms with van der Waals surface area (Å²) in [6.07, 6.45) is 3.10. The number of benzene rings is 2. The van der Waals surface area contributed by atoms with Crippen LogP contribution in [0.2, 0.25) is 5.02 Å². The van der Waals surface area contributed by atoms with Crippen molar-refractivity contribution >= 4 is 51.1 Å². The molecule has 0 aliphatic carbocycles. The van der Waals surface area contributed by atoms with Gasteiger partial charge >= 0.3 is 0 Å². The molecular weight excluding hydrogens is 555 g/mol. The van der Waals surface area contributed by atoms with E-state index < -0.39 is 5.82 Å². The van der Waals surface area contributed by atoms with E-state index in [9.17, 15) is 4.79 Å². The zero-order valence-electron chi connectivity index (χ0n) is 24.9. The van der Waals surface area contributed by atoms with E-state index in [1.165, 1.54) is 6.08 Å². The van der Waals surface area contributed by atoms with Crippen molar-refractivity contribution in [2.45, 2.75) is 38.9 Å². The highest BCUT2D eigenvalue weighted by Gasteiger charge is 2.36. The van der Waals surface area contributed by atoms with E-state index in [0.717, 1.165) is 29.6 Å². The molecule has 0 N–H and O–H groups in total. The van der Waals surface area contributed by atoms with Crippen molar-refractivity contribution in [3.05, 3.63) is 53.5 Å². The van der Waals surface area contributed by atoms with E-state index in [0.29, 0.717) is 47.4 Å². The zero-order valence-corrected chi connectivity index (χ0v) is 25.7. The summed E-state index contributed by atoms with van der Waals surface area (Å²) in [7, 11) is 5.97. The summed E-state index contributed by atoms with van der Waals surface area (Å²) in [6, 6.07) is 5.95. The Hall–Kier alpha value is -3.76. The molecule has 2 aliphatic heterocycles. The second-order valence-corrected chi connectivity index (χ2v) is 12.2. The first-order chi connectivity index (χ1) is 20.0. The molecule has 0 bridgehead atoms. The fourth-order valence-electron chi connectivity index (χ4n) is 6.22. The summed E-state index contributed by atoms with van der Waals surface area (Å²) >= 11 is 6.96. The van der Waals surface area contributed by atoms with Gasteiger partial charge in [0, 0.05) is 73.3 Å². The molecule has 2 aromatic carbocycles. The van der Waals surface area contributed by atoms with Crippen LogP contribution >= 0.6 is 11.6 Å². The van der Waals surface area contributed by atoms with Crippen LogP contribution in [0.1, 0.15) is 19.4 Å². The predicted octanol–water partition coefficient (Wildman–Crippen LogP) is 4.65. The monoisotopic (exact) mass is 590 g/mol. The van der Waals surface area contributed by atoms with Crippen molar-refractivity contribution in [1.82, 2.24) is 29.5 Å². The normalized spacial score (nSPS) is 19.7. The molecule has 1 amide bonds. The minimum Gasteiger partial charge on any atom is -0.349 e. The Bertz CT molecular complexity index is 1730. The predicted molar refractivity (Wildman–Crippen MR) is 167 cm³/mol. The molecule has 0 unspecified atom stereocenters. The Labute approximate surface area is 250 Å². The SMILES string of the molecule is C=CC(=O)N1C[C@H](C)N(c2nc(N3CC(N(C)C)C3)nc3c(F)c(-c4c(C)ccc5c4cnn5C)c(Cl)cc23)C[C@H]1C. The van der Waals surface area contributed by atoms with E-state index >= 15 is 4.39 Å². The van der Waals surface area contributed by atoms with Gasteiger partial charge in [-0.2, -0.15) is 10.1 Å². The molecule has 0 spiro atoms. The maximum absolute atomic E-state index is 16.9. The highest BCUT2D eigenvalue weighted by Crippen LogP contribution is 2.43. The molecule has 2 saturated heterocycles. The molecule has 42 heavy (non-hydrogen) atoms. The molecule has 0 saturated carbocycles. The first kappa shape index (κ1) is 28.4. The number of amides is 1. The van der Waals surface area contributed by atoms with Crippen molar-refractivity contribution in [1.29, 1.82) is 0 Å². The Morgan fingerprint density at radius 2 is 1.83 bits per heavy atom. The van der Waals surface area contributed by atoms with Crippen molar-refractivity contribution in [2.24, 2.45) is 7.05 Å². The number of piperazine rings is 1. The van der Waals surface area contributed by atoms with E-state index in [2.05, 4.69) is 40.5 Å². The number of hydrogen-bond donors (Lipinski definition) is 0. The van der Waals surface area contributed by atoms with Gasteiger partial charge in [0.25, 0.3) is 0 Å². The summed E-state index contributed by atoms with van der Waals surface area (Å²) in [5, 5.41) is 6.08. The quantitative estimate of drug-likeness (QED) is 0.313. The number of anilines is 2. The topological polar surface area (TPSA) is 73.6 Å². The third kappa shape index (κ3) is 4.48. The maximum atomic E-state index is 16.9. The maximum Gasteiger partial charge on any atom is 0.246 e. The van der Waals surface area contributed by atoms with Crippen LogP contribution < -0.4 is 9.80 Å². The van der Waals surface area contributed by atoms with E-state index in [-0.39, 0.29) is 28.5 Å². The zero-order chi connectivity index (χ0) is 30.0. The molecule has 11 heteroatoms. The standard InChI is InChI=1S/C31H36ClFN8O/c1-8-25(42)40-13-19(4)41(14-18(40)3)30-21-11-23(32)27(26-17(2)9-10-24-22(26)12-34-38(24)7)28(33)29(21)35-31(36-30)39-15-20(16-39)37(5)6/h8-12,18-20H,1,13-16H2,2-7H3/t18-,19+/m1/s1. The van der Waals surface area contributed by atoms with Gasteiger partial charge in [-0.3, -0.25) is 9.48 Å².